The molecule has 2 heterocycles. The molecule has 0 aliphatic carbocycles. The molecule has 4 nitrogen and oxygen atoms in total. The fraction of sp³-hybridized carbons (Fsp3) is 0.182. The highest BCUT2D eigenvalue weighted by Gasteiger charge is 2.10. The summed E-state index contributed by atoms with van der Waals surface area (Å²) >= 11 is 0. The minimum atomic E-state index is -0.850. The molecule has 16 heavy (non-hydrogen) atoms. The Hall–Kier alpha value is -2.04. The molecule has 0 radical (unpaired) electrons. The summed E-state index contributed by atoms with van der Waals surface area (Å²) in [5.74, 6) is -0.556. The van der Waals surface area contributed by atoms with Crippen molar-refractivity contribution in [3.8, 4) is 11.5 Å². The van der Waals surface area contributed by atoms with Crippen molar-refractivity contribution < 1.29 is 4.39 Å². The third-order valence-corrected chi connectivity index (χ3v) is 2.26. The average Bonchev–Trinajstić information content (AvgIpc) is 2.26. The second-order valence-electron chi connectivity index (χ2n) is 3.48. The highest BCUT2D eigenvalue weighted by atomic mass is 19.1. The van der Waals surface area contributed by atoms with E-state index in [2.05, 4.69) is 15.0 Å². The average molecular weight is 219 g/mol. The SMILES string of the molecule is Cc1cccnc1-c1nc(C)c(F)c(=O)[nH]1. The van der Waals surface area contributed by atoms with E-state index in [0.29, 0.717) is 11.5 Å². The van der Waals surface area contributed by atoms with E-state index < -0.39 is 11.4 Å². The molecule has 2 rings (SSSR count). The van der Waals surface area contributed by atoms with Gasteiger partial charge in [-0.25, -0.2) is 4.98 Å². The van der Waals surface area contributed by atoms with Gasteiger partial charge < -0.3 is 4.98 Å². The summed E-state index contributed by atoms with van der Waals surface area (Å²) in [5, 5.41) is 0. The third kappa shape index (κ3) is 1.71. The highest BCUT2D eigenvalue weighted by molar-refractivity contribution is 5.53. The van der Waals surface area contributed by atoms with Gasteiger partial charge in [-0.1, -0.05) is 6.07 Å². The van der Waals surface area contributed by atoms with Crippen LogP contribution in [0.4, 0.5) is 4.39 Å². The lowest BCUT2D eigenvalue weighted by Crippen LogP contribution is -2.16. The van der Waals surface area contributed by atoms with Crippen molar-refractivity contribution in [3.63, 3.8) is 0 Å². The van der Waals surface area contributed by atoms with Gasteiger partial charge in [0.2, 0.25) is 5.82 Å². The van der Waals surface area contributed by atoms with Gasteiger partial charge in [-0.05, 0) is 25.5 Å². The minimum Gasteiger partial charge on any atom is -0.303 e. The van der Waals surface area contributed by atoms with Crippen molar-refractivity contribution in [2.24, 2.45) is 0 Å². The topological polar surface area (TPSA) is 58.6 Å². The van der Waals surface area contributed by atoms with Crippen LogP contribution in [0.1, 0.15) is 11.3 Å². The van der Waals surface area contributed by atoms with Crippen molar-refractivity contribution in [2.75, 3.05) is 0 Å². The Morgan fingerprint density at radius 1 is 1.38 bits per heavy atom. The molecule has 0 aliphatic rings. The number of hydrogen-bond acceptors (Lipinski definition) is 3. The Labute approximate surface area is 91.2 Å². The van der Waals surface area contributed by atoms with E-state index in [-0.39, 0.29) is 5.69 Å². The van der Waals surface area contributed by atoms with Gasteiger partial charge in [-0.3, -0.25) is 9.78 Å². The van der Waals surface area contributed by atoms with Crippen LogP contribution in [0, 0.1) is 19.7 Å². The molecule has 1 N–H and O–H groups in total. The van der Waals surface area contributed by atoms with Crippen LogP contribution in [0.15, 0.2) is 23.1 Å². The summed E-state index contributed by atoms with van der Waals surface area (Å²) < 4.78 is 13.1. The van der Waals surface area contributed by atoms with E-state index in [9.17, 15) is 9.18 Å². The number of nitrogens with one attached hydrogen (secondary N) is 1. The van der Waals surface area contributed by atoms with Crippen LogP contribution in [-0.4, -0.2) is 15.0 Å². The zero-order valence-electron chi connectivity index (χ0n) is 8.91. The van der Waals surface area contributed by atoms with E-state index >= 15 is 0 Å². The van der Waals surface area contributed by atoms with E-state index in [1.807, 2.05) is 13.0 Å². The monoisotopic (exact) mass is 219 g/mol. The number of rotatable bonds is 1. The first-order valence-corrected chi connectivity index (χ1v) is 4.78. The smallest absolute Gasteiger partial charge is 0.287 e. The lowest BCUT2D eigenvalue weighted by Gasteiger charge is -2.04. The number of aromatic nitrogens is 3. The molecule has 0 saturated carbocycles. The van der Waals surface area contributed by atoms with Gasteiger partial charge in [-0.2, -0.15) is 4.39 Å². The van der Waals surface area contributed by atoms with E-state index in [0.717, 1.165) is 5.56 Å². The number of nitrogens with zero attached hydrogens (tertiary/aromatic N) is 2. The van der Waals surface area contributed by atoms with Crippen molar-refractivity contribution in [1.82, 2.24) is 15.0 Å². The quantitative estimate of drug-likeness (QED) is 0.792. The van der Waals surface area contributed by atoms with Gasteiger partial charge >= 0.3 is 0 Å². The number of aryl methyl sites for hydroxylation is 2. The second kappa shape index (κ2) is 3.84. The molecule has 0 aliphatic heterocycles. The molecule has 2 aromatic rings. The molecule has 0 aromatic carbocycles. The van der Waals surface area contributed by atoms with Crippen molar-refractivity contribution in [1.29, 1.82) is 0 Å². The molecule has 0 saturated heterocycles. The lowest BCUT2D eigenvalue weighted by atomic mass is 10.2. The Balaban J connectivity index is 2.67. The molecule has 0 bridgehead atoms. The minimum absolute atomic E-state index is 0.0730. The maximum Gasteiger partial charge on any atom is 0.287 e. The molecule has 0 spiro atoms. The molecular formula is C11H10FN3O. The Morgan fingerprint density at radius 3 is 2.75 bits per heavy atom. The predicted octanol–water partition coefficient (Wildman–Crippen LogP) is 1.59. The van der Waals surface area contributed by atoms with Gasteiger partial charge in [0.25, 0.3) is 5.56 Å². The number of hydrogen-bond donors (Lipinski definition) is 1. The van der Waals surface area contributed by atoms with Crippen LogP contribution < -0.4 is 5.56 Å². The maximum atomic E-state index is 13.1. The molecule has 0 amide bonds. The van der Waals surface area contributed by atoms with Crippen LogP contribution >= 0.6 is 0 Å². The van der Waals surface area contributed by atoms with Crippen LogP contribution in [0.2, 0.25) is 0 Å². The predicted molar refractivity (Wildman–Crippen MR) is 57.5 cm³/mol. The Bertz CT molecular complexity index is 592. The standard InChI is InChI=1S/C11H10FN3O/c1-6-4-3-5-13-9(6)10-14-7(2)8(12)11(16)15-10/h3-5H,1-2H3,(H,14,15,16). The van der Waals surface area contributed by atoms with Gasteiger partial charge in [-0.15, -0.1) is 0 Å². The summed E-state index contributed by atoms with van der Waals surface area (Å²) in [6.07, 6.45) is 1.60. The first kappa shape index (κ1) is 10.5. The molecule has 0 atom stereocenters. The molecule has 5 heteroatoms. The fourth-order valence-corrected chi connectivity index (χ4v) is 1.42. The number of pyridine rings is 1. The largest absolute Gasteiger partial charge is 0.303 e. The summed E-state index contributed by atoms with van der Waals surface area (Å²) in [7, 11) is 0. The van der Waals surface area contributed by atoms with E-state index in [4.69, 9.17) is 0 Å². The first-order chi connectivity index (χ1) is 7.59. The molecule has 82 valence electrons. The van der Waals surface area contributed by atoms with Gasteiger partial charge in [0.05, 0.1) is 5.69 Å². The zero-order chi connectivity index (χ0) is 11.7. The van der Waals surface area contributed by atoms with Gasteiger partial charge in [0, 0.05) is 6.20 Å². The molecule has 0 unspecified atom stereocenters. The summed E-state index contributed by atoms with van der Waals surface area (Å²) in [6, 6.07) is 3.63. The van der Waals surface area contributed by atoms with Crippen LogP contribution in [-0.2, 0) is 0 Å². The summed E-state index contributed by atoms with van der Waals surface area (Å²) in [5.41, 5.74) is 0.732. The maximum absolute atomic E-state index is 13.1. The zero-order valence-corrected chi connectivity index (χ0v) is 8.91. The van der Waals surface area contributed by atoms with Crippen LogP contribution in [0.3, 0.4) is 0 Å². The van der Waals surface area contributed by atoms with E-state index in [1.54, 1.807) is 12.3 Å². The molecule has 2 aromatic heterocycles. The summed E-state index contributed by atoms with van der Waals surface area (Å²) in [6.45, 7) is 3.30. The van der Waals surface area contributed by atoms with Crippen LogP contribution in [0.5, 0.6) is 0 Å². The van der Waals surface area contributed by atoms with Gasteiger partial charge in [0.1, 0.15) is 5.69 Å². The molecule has 0 fully saturated rings. The van der Waals surface area contributed by atoms with Crippen molar-refractivity contribution in [2.45, 2.75) is 13.8 Å². The lowest BCUT2D eigenvalue weighted by molar-refractivity contribution is 0.589. The Morgan fingerprint density at radius 2 is 2.12 bits per heavy atom. The fourth-order valence-electron chi connectivity index (χ4n) is 1.42. The molecular weight excluding hydrogens is 209 g/mol. The van der Waals surface area contributed by atoms with Crippen molar-refractivity contribution in [3.05, 3.63) is 45.8 Å². The van der Waals surface area contributed by atoms with Crippen molar-refractivity contribution >= 4 is 0 Å². The van der Waals surface area contributed by atoms with Crippen LogP contribution in [0.25, 0.3) is 11.5 Å². The normalized spacial score (nSPS) is 10.4. The van der Waals surface area contributed by atoms with Gasteiger partial charge in [0.15, 0.2) is 5.82 Å². The number of aromatic amines is 1. The van der Waals surface area contributed by atoms with E-state index in [1.165, 1.54) is 6.92 Å². The number of halogens is 1. The third-order valence-electron chi connectivity index (χ3n) is 2.26. The highest BCUT2D eigenvalue weighted by Crippen LogP contribution is 2.15. The summed E-state index contributed by atoms with van der Waals surface area (Å²) in [4.78, 5) is 21.7. The Kier molecular flexibility index (Phi) is 2.52. The number of H-pyrrole nitrogens is 1. The second-order valence-corrected chi connectivity index (χ2v) is 3.48. The first-order valence-electron chi connectivity index (χ1n) is 4.78.